The first-order valence-corrected chi connectivity index (χ1v) is 11.8. The Hall–Kier alpha value is -3.36. The maximum absolute atomic E-state index is 6.21. The molecule has 2 aromatic carbocycles. The minimum atomic E-state index is 0.329. The fourth-order valence-corrected chi connectivity index (χ4v) is 4.26. The second-order valence-electron chi connectivity index (χ2n) is 8.84. The molecule has 9 heteroatoms. The highest BCUT2D eigenvalue weighted by Crippen LogP contribution is 2.42. The first-order valence-electron chi connectivity index (χ1n) is 11.5. The molecule has 2 fully saturated rings. The first kappa shape index (κ1) is 21.2. The highest BCUT2D eigenvalue weighted by atomic mass is 35.5. The van der Waals surface area contributed by atoms with Crippen molar-refractivity contribution in [2.24, 2.45) is 7.05 Å². The molecule has 6 rings (SSSR count). The van der Waals surface area contributed by atoms with E-state index in [1.165, 1.54) is 0 Å². The van der Waals surface area contributed by atoms with Crippen LogP contribution in [0.3, 0.4) is 0 Å². The molecule has 2 N–H and O–H groups in total. The normalized spacial score (nSPS) is 15.8. The molecule has 0 radical (unpaired) electrons. The average Bonchev–Trinajstić information content (AvgIpc) is 3.62. The van der Waals surface area contributed by atoms with Gasteiger partial charge < -0.3 is 24.7 Å². The van der Waals surface area contributed by atoms with Gasteiger partial charge in [-0.1, -0.05) is 23.7 Å². The Morgan fingerprint density at radius 3 is 2.68 bits per heavy atom. The monoisotopic (exact) mass is 476 g/mol. The zero-order chi connectivity index (χ0) is 23.1. The van der Waals surface area contributed by atoms with E-state index in [1.54, 1.807) is 6.20 Å². The molecule has 0 atom stereocenters. The number of imidazole rings is 1. The molecule has 1 saturated carbocycles. The summed E-state index contributed by atoms with van der Waals surface area (Å²) in [5.74, 6) is 1.95. The Morgan fingerprint density at radius 1 is 1.12 bits per heavy atom. The second kappa shape index (κ2) is 8.77. The number of rotatable bonds is 8. The largest absolute Gasteiger partial charge is 0.424 e. The molecular formula is C25H25ClN6O2. The third-order valence-corrected chi connectivity index (χ3v) is 6.48. The van der Waals surface area contributed by atoms with Gasteiger partial charge in [0.25, 0.3) is 0 Å². The molecule has 34 heavy (non-hydrogen) atoms. The van der Waals surface area contributed by atoms with Crippen molar-refractivity contribution in [2.75, 3.05) is 23.8 Å². The van der Waals surface area contributed by atoms with Crippen molar-refractivity contribution in [3.8, 4) is 11.8 Å². The number of aromatic nitrogens is 4. The van der Waals surface area contributed by atoms with E-state index in [2.05, 4.69) is 37.3 Å². The van der Waals surface area contributed by atoms with Crippen LogP contribution in [0.5, 0.6) is 11.8 Å². The molecular weight excluding hydrogens is 452 g/mol. The van der Waals surface area contributed by atoms with Gasteiger partial charge in [0.1, 0.15) is 5.75 Å². The molecule has 2 aromatic heterocycles. The summed E-state index contributed by atoms with van der Waals surface area (Å²) in [7, 11) is 2.02. The summed E-state index contributed by atoms with van der Waals surface area (Å²) in [6.45, 7) is 2.16. The maximum Gasteiger partial charge on any atom is 0.322 e. The Balaban J connectivity index is 1.10. The molecule has 0 unspecified atom stereocenters. The summed E-state index contributed by atoms with van der Waals surface area (Å²) in [5, 5.41) is 7.53. The Bertz CT molecular complexity index is 1330. The zero-order valence-electron chi connectivity index (χ0n) is 18.8. The number of anilines is 2. The van der Waals surface area contributed by atoms with Crippen LogP contribution < -0.4 is 15.4 Å². The number of ether oxygens (including phenoxy) is 2. The predicted octanol–water partition coefficient (Wildman–Crippen LogP) is 5.11. The highest BCUT2D eigenvalue weighted by Gasteiger charge is 2.28. The fraction of sp³-hybridized carbons (Fsp3) is 0.320. The Kier molecular flexibility index (Phi) is 5.47. The first-order chi connectivity index (χ1) is 16.6. The summed E-state index contributed by atoms with van der Waals surface area (Å²) in [6.07, 6.45) is 3.86. The van der Waals surface area contributed by atoms with Crippen molar-refractivity contribution >= 4 is 34.3 Å². The molecule has 174 valence electrons. The molecule has 1 aliphatic heterocycles. The molecule has 0 amide bonds. The average molecular weight is 477 g/mol. The molecule has 1 aliphatic carbocycles. The van der Waals surface area contributed by atoms with Crippen LogP contribution in [-0.4, -0.2) is 38.8 Å². The van der Waals surface area contributed by atoms with Crippen LogP contribution in [0.25, 0.3) is 11.0 Å². The van der Waals surface area contributed by atoms with Gasteiger partial charge in [-0.25, -0.2) is 9.97 Å². The van der Waals surface area contributed by atoms with Gasteiger partial charge in [-0.15, -0.1) is 0 Å². The van der Waals surface area contributed by atoms with Gasteiger partial charge in [0, 0.05) is 25.2 Å². The van der Waals surface area contributed by atoms with E-state index in [1.807, 2.05) is 37.4 Å². The third-order valence-electron chi connectivity index (χ3n) is 6.19. The Labute approximate surface area is 202 Å². The van der Waals surface area contributed by atoms with Gasteiger partial charge >= 0.3 is 6.01 Å². The summed E-state index contributed by atoms with van der Waals surface area (Å²) >= 11 is 6.21. The van der Waals surface area contributed by atoms with Crippen LogP contribution in [0.4, 0.5) is 11.6 Å². The maximum atomic E-state index is 6.21. The van der Waals surface area contributed by atoms with E-state index in [-0.39, 0.29) is 0 Å². The van der Waals surface area contributed by atoms with Crippen molar-refractivity contribution < 1.29 is 9.47 Å². The van der Waals surface area contributed by atoms with E-state index in [9.17, 15) is 0 Å². The number of halogens is 1. The number of hydrogen-bond donors (Lipinski definition) is 2. The minimum absolute atomic E-state index is 0.329. The number of benzene rings is 2. The molecule has 4 aromatic rings. The summed E-state index contributed by atoms with van der Waals surface area (Å²) in [6, 6.07) is 14.8. The summed E-state index contributed by atoms with van der Waals surface area (Å²) in [5.41, 5.74) is 5.11. The zero-order valence-corrected chi connectivity index (χ0v) is 19.5. The molecule has 0 bridgehead atoms. The van der Waals surface area contributed by atoms with E-state index < -0.39 is 0 Å². The van der Waals surface area contributed by atoms with E-state index in [0.717, 1.165) is 60.0 Å². The molecule has 1 saturated heterocycles. The van der Waals surface area contributed by atoms with Crippen molar-refractivity contribution in [2.45, 2.75) is 31.3 Å². The van der Waals surface area contributed by atoms with Crippen molar-refractivity contribution in [3.05, 3.63) is 64.9 Å². The van der Waals surface area contributed by atoms with Crippen LogP contribution in [0, 0.1) is 0 Å². The lowest BCUT2D eigenvalue weighted by Gasteiger charge is -2.27. The molecule has 3 heterocycles. The van der Waals surface area contributed by atoms with Gasteiger partial charge in [-0.05, 0) is 48.7 Å². The van der Waals surface area contributed by atoms with Crippen LogP contribution in [0.15, 0.2) is 48.7 Å². The standard InChI is InChI=1S/C25H25ClN6O2/c1-32-22-10-17(29-18-13-33-14-18)6-9-21(22)30-24(32)27-11-15-2-7-19(8-3-15)34-25-28-12-20(26)23(31-25)16-4-5-16/h2-3,6-10,12,16,18,29H,4-5,11,13-14H2,1H3,(H,27,30). The van der Waals surface area contributed by atoms with Gasteiger partial charge in [0.2, 0.25) is 5.95 Å². The molecule has 0 spiro atoms. The second-order valence-corrected chi connectivity index (χ2v) is 9.24. The van der Waals surface area contributed by atoms with E-state index in [0.29, 0.717) is 35.3 Å². The van der Waals surface area contributed by atoms with Crippen LogP contribution in [-0.2, 0) is 18.3 Å². The lowest BCUT2D eigenvalue weighted by atomic mass is 10.2. The smallest absolute Gasteiger partial charge is 0.322 e. The number of nitrogens with one attached hydrogen (secondary N) is 2. The van der Waals surface area contributed by atoms with Crippen molar-refractivity contribution in [1.82, 2.24) is 19.5 Å². The molecule has 2 aliphatic rings. The number of aryl methyl sites for hydroxylation is 1. The van der Waals surface area contributed by atoms with E-state index in [4.69, 9.17) is 26.1 Å². The topological polar surface area (TPSA) is 86.1 Å². The molecule has 8 nitrogen and oxygen atoms in total. The minimum Gasteiger partial charge on any atom is -0.424 e. The number of fused-ring (bicyclic) bond motifs is 1. The van der Waals surface area contributed by atoms with Crippen molar-refractivity contribution in [1.29, 1.82) is 0 Å². The summed E-state index contributed by atoms with van der Waals surface area (Å²) in [4.78, 5) is 13.4. The van der Waals surface area contributed by atoms with Crippen LogP contribution in [0.2, 0.25) is 5.02 Å². The predicted molar refractivity (Wildman–Crippen MR) is 132 cm³/mol. The Morgan fingerprint density at radius 2 is 1.94 bits per heavy atom. The van der Waals surface area contributed by atoms with Gasteiger partial charge in [-0.3, -0.25) is 0 Å². The lowest BCUT2D eigenvalue weighted by molar-refractivity contribution is 0.0211. The highest BCUT2D eigenvalue weighted by molar-refractivity contribution is 6.31. The van der Waals surface area contributed by atoms with Crippen molar-refractivity contribution in [3.63, 3.8) is 0 Å². The number of nitrogens with zero attached hydrogens (tertiary/aromatic N) is 4. The van der Waals surface area contributed by atoms with E-state index >= 15 is 0 Å². The van der Waals surface area contributed by atoms with Crippen LogP contribution >= 0.6 is 11.6 Å². The van der Waals surface area contributed by atoms with Gasteiger partial charge in [-0.2, -0.15) is 4.98 Å². The summed E-state index contributed by atoms with van der Waals surface area (Å²) < 4.78 is 13.2. The third kappa shape index (κ3) is 4.38. The van der Waals surface area contributed by atoms with Gasteiger partial charge in [0.05, 0.1) is 47.2 Å². The fourth-order valence-electron chi connectivity index (χ4n) is 4.01. The van der Waals surface area contributed by atoms with Crippen LogP contribution in [0.1, 0.15) is 30.0 Å². The quantitative estimate of drug-likeness (QED) is 0.365. The number of hydrogen-bond acceptors (Lipinski definition) is 7. The van der Waals surface area contributed by atoms with Gasteiger partial charge in [0.15, 0.2) is 0 Å². The SMILES string of the molecule is Cn1c(NCc2ccc(Oc3ncc(Cl)c(C4CC4)n3)cc2)nc2ccc(NC3COC3)cc21. The lowest BCUT2D eigenvalue weighted by Crippen LogP contribution is -2.40.